The molecule has 0 aliphatic heterocycles. The topological polar surface area (TPSA) is 17.1 Å². The molecule has 1 aliphatic rings. The van der Waals surface area contributed by atoms with Crippen molar-refractivity contribution >= 4 is 17.4 Å². The predicted octanol–water partition coefficient (Wildman–Crippen LogP) is 4.81. The Bertz CT molecular complexity index is 458. The Labute approximate surface area is 119 Å². The normalized spacial score (nSPS) is 23.6. The molecule has 0 radical (unpaired) electrons. The Morgan fingerprint density at radius 2 is 2.21 bits per heavy atom. The van der Waals surface area contributed by atoms with E-state index in [9.17, 15) is 9.18 Å². The van der Waals surface area contributed by atoms with Crippen LogP contribution >= 0.6 is 11.6 Å². The van der Waals surface area contributed by atoms with Crippen LogP contribution in [0, 0.1) is 17.7 Å². The van der Waals surface area contributed by atoms with Crippen molar-refractivity contribution in [2.24, 2.45) is 11.8 Å². The molecule has 19 heavy (non-hydrogen) atoms. The second-order valence-electron chi connectivity index (χ2n) is 5.53. The van der Waals surface area contributed by atoms with Crippen LogP contribution in [0.1, 0.15) is 44.6 Å². The van der Waals surface area contributed by atoms with Crippen LogP contribution in [0.5, 0.6) is 0 Å². The molecule has 1 aromatic carbocycles. The largest absolute Gasteiger partial charge is 0.299 e. The van der Waals surface area contributed by atoms with Gasteiger partial charge in [0.15, 0.2) is 0 Å². The van der Waals surface area contributed by atoms with Gasteiger partial charge < -0.3 is 0 Å². The van der Waals surface area contributed by atoms with Gasteiger partial charge in [-0.2, -0.15) is 0 Å². The predicted molar refractivity (Wildman–Crippen MR) is 75.9 cm³/mol. The molecule has 0 aromatic heterocycles. The minimum atomic E-state index is -0.255. The van der Waals surface area contributed by atoms with Crippen LogP contribution in [-0.4, -0.2) is 5.78 Å². The quantitative estimate of drug-likeness (QED) is 0.775. The molecule has 1 fully saturated rings. The van der Waals surface area contributed by atoms with Crippen molar-refractivity contribution < 1.29 is 9.18 Å². The van der Waals surface area contributed by atoms with E-state index in [2.05, 4.69) is 6.92 Å². The first-order valence-electron chi connectivity index (χ1n) is 7.06. The van der Waals surface area contributed by atoms with Crippen molar-refractivity contribution in [3.05, 3.63) is 34.6 Å². The number of carbonyl (C=O) groups excluding carboxylic acids is 1. The molecule has 3 heteroatoms. The molecule has 1 aromatic rings. The van der Waals surface area contributed by atoms with E-state index in [1.165, 1.54) is 12.5 Å². The molecular formula is C16H20ClFO. The number of halogens is 2. The molecule has 1 saturated carbocycles. The third kappa shape index (κ3) is 3.79. The maximum Gasteiger partial charge on any atom is 0.136 e. The highest BCUT2D eigenvalue weighted by atomic mass is 35.5. The summed E-state index contributed by atoms with van der Waals surface area (Å²) in [6.45, 7) is 2.17. The summed E-state index contributed by atoms with van der Waals surface area (Å²) in [7, 11) is 0. The Balaban J connectivity index is 2.07. The maximum absolute atomic E-state index is 13.7. The van der Waals surface area contributed by atoms with Crippen LogP contribution in [0.4, 0.5) is 4.39 Å². The van der Waals surface area contributed by atoms with E-state index >= 15 is 0 Å². The number of ketones is 1. The second kappa shape index (κ2) is 6.51. The summed E-state index contributed by atoms with van der Waals surface area (Å²) in [6, 6.07) is 4.57. The van der Waals surface area contributed by atoms with E-state index in [0.29, 0.717) is 29.3 Å². The molecule has 0 amide bonds. The molecule has 2 unspecified atom stereocenters. The van der Waals surface area contributed by atoms with E-state index in [0.717, 1.165) is 19.3 Å². The monoisotopic (exact) mass is 282 g/mol. The lowest BCUT2D eigenvalue weighted by Gasteiger charge is -2.28. The van der Waals surface area contributed by atoms with Gasteiger partial charge in [0.1, 0.15) is 11.6 Å². The fourth-order valence-electron chi connectivity index (χ4n) is 3.03. The van der Waals surface area contributed by atoms with Gasteiger partial charge in [0.25, 0.3) is 0 Å². The first kappa shape index (κ1) is 14.5. The molecule has 0 bridgehead atoms. The average Bonchev–Trinajstić information content (AvgIpc) is 2.38. The van der Waals surface area contributed by atoms with E-state index < -0.39 is 0 Å². The number of carbonyl (C=O) groups is 1. The fraction of sp³-hybridized carbons (Fsp3) is 0.562. The number of Topliss-reactive ketones (excluding diaryl/α,β-unsaturated/α-hetero) is 1. The molecule has 0 N–H and O–H groups in total. The lowest BCUT2D eigenvalue weighted by atomic mass is 9.76. The van der Waals surface area contributed by atoms with Gasteiger partial charge in [0.2, 0.25) is 0 Å². The van der Waals surface area contributed by atoms with Gasteiger partial charge in [-0.3, -0.25) is 4.79 Å². The molecule has 2 atom stereocenters. The van der Waals surface area contributed by atoms with Crippen molar-refractivity contribution in [1.82, 2.24) is 0 Å². The van der Waals surface area contributed by atoms with Gasteiger partial charge in [0, 0.05) is 17.4 Å². The zero-order chi connectivity index (χ0) is 13.8. The second-order valence-corrected chi connectivity index (χ2v) is 5.97. The Morgan fingerprint density at radius 3 is 2.95 bits per heavy atom. The van der Waals surface area contributed by atoms with Crippen LogP contribution in [0.15, 0.2) is 18.2 Å². The molecule has 0 spiro atoms. The average molecular weight is 283 g/mol. The maximum atomic E-state index is 13.7. The van der Waals surface area contributed by atoms with Crippen molar-refractivity contribution in [1.29, 1.82) is 0 Å². The van der Waals surface area contributed by atoms with Crippen LogP contribution in [0.3, 0.4) is 0 Å². The minimum Gasteiger partial charge on any atom is -0.299 e. The smallest absolute Gasteiger partial charge is 0.136 e. The van der Waals surface area contributed by atoms with E-state index in [-0.39, 0.29) is 17.5 Å². The minimum absolute atomic E-state index is 0.0294. The third-order valence-electron chi connectivity index (χ3n) is 4.04. The number of benzene rings is 1. The molecule has 1 aliphatic carbocycles. The van der Waals surface area contributed by atoms with Crippen LogP contribution in [-0.2, 0) is 11.2 Å². The van der Waals surface area contributed by atoms with Crippen LogP contribution in [0.2, 0.25) is 5.02 Å². The van der Waals surface area contributed by atoms with Crippen molar-refractivity contribution in [3.63, 3.8) is 0 Å². The molecule has 0 saturated heterocycles. The molecular weight excluding hydrogens is 263 g/mol. The van der Waals surface area contributed by atoms with Gasteiger partial charge in [-0.05, 0) is 48.9 Å². The van der Waals surface area contributed by atoms with E-state index in [1.807, 2.05) is 0 Å². The third-order valence-corrected chi connectivity index (χ3v) is 4.28. The lowest BCUT2D eigenvalue weighted by molar-refractivity contribution is -0.125. The Kier molecular flexibility index (Phi) is 4.98. The summed E-state index contributed by atoms with van der Waals surface area (Å²) in [5.41, 5.74) is 0.572. The molecule has 0 heterocycles. The summed E-state index contributed by atoms with van der Waals surface area (Å²) >= 11 is 5.90. The Hall–Kier alpha value is -0.890. The molecule has 1 nitrogen and oxygen atoms in total. The Morgan fingerprint density at radius 1 is 1.42 bits per heavy atom. The molecule has 104 valence electrons. The summed E-state index contributed by atoms with van der Waals surface area (Å²) in [5.74, 6) is 0.620. The van der Waals surface area contributed by atoms with Crippen molar-refractivity contribution in [2.45, 2.75) is 45.4 Å². The summed E-state index contributed by atoms with van der Waals surface area (Å²) in [5, 5.41) is 0.532. The SMILES string of the molecule is CCCC1CCC(=O)C(Cc2cc(Cl)ccc2F)C1. The van der Waals surface area contributed by atoms with E-state index in [4.69, 9.17) is 11.6 Å². The van der Waals surface area contributed by atoms with Crippen LogP contribution < -0.4 is 0 Å². The first-order valence-corrected chi connectivity index (χ1v) is 7.44. The van der Waals surface area contributed by atoms with Crippen molar-refractivity contribution in [2.75, 3.05) is 0 Å². The summed E-state index contributed by atoms with van der Waals surface area (Å²) in [4.78, 5) is 12.0. The highest BCUT2D eigenvalue weighted by Crippen LogP contribution is 2.32. The lowest BCUT2D eigenvalue weighted by Crippen LogP contribution is -2.26. The molecule has 2 rings (SSSR count). The zero-order valence-electron chi connectivity index (χ0n) is 11.3. The van der Waals surface area contributed by atoms with E-state index in [1.54, 1.807) is 12.1 Å². The number of hydrogen-bond acceptors (Lipinski definition) is 1. The van der Waals surface area contributed by atoms with Gasteiger partial charge in [0.05, 0.1) is 0 Å². The first-order chi connectivity index (χ1) is 9.10. The zero-order valence-corrected chi connectivity index (χ0v) is 12.0. The number of rotatable bonds is 4. The number of hydrogen-bond donors (Lipinski definition) is 0. The fourth-order valence-corrected chi connectivity index (χ4v) is 3.23. The standard InChI is InChI=1S/C16H20ClFO/c1-2-3-11-4-7-16(19)13(8-11)9-12-10-14(17)5-6-15(12)18/h5-6,10-11,13H,2-4,7-9H2,1H3. The highest BCUT2D eigenvalue weighted by molar-refractivity contribution is 6.30. The summed E-state index contributed by atoms with van der Waals surface area (Å²) in [6.07, 6.45) is 5.36. The highest BCUT2D eigenvalue weighted by Gasteiger charge is 2.28. The van der Waals surface area contributed by atoms with Gasteiger partial charge in [-0.1, -0.05) is 31.4 Å². The van der Waals surface area contributed by atoms with Crippen LogP contribution in [0.25, 0.3) is 0 Å². The van der Waals surface area contributed by atoms with Gasteiger partial charge in [-0.25, -0.2) is 4.39 Å². The van der Waals surface area contributed by atoms with Crippen molar-refractivity contribution in [3.8, 4) is 0 Å². The van der Waals surface area contributed by atoms with Gasteiger partial charge >= 0.3 is 0 Å². The summed E-state index contributed by atoms with van der Waals surface area (Å²) < 4.78 is 13.7. The van der Waals surface area contributed by atoms with Gasteiger partial charge in [-0.15, -0.1) is 0 Å².